The van der Waals surface area contributed by atoms with Crippen molar-refractivity contribution in [2.75, 3.05) is 6.61 Å². The second-order valence-corrected chi connectivity index (χ2v) is 8.43. The molecule has 4 aromatic rings. The second kappa shape index (κ2) is 10.8. The zero-order valence-corrected chi connectivity index (χ0v) is 19.7. The number of benzene rings is 4. The van der Waals surface area contributed by atoms with E-state index in [1.807, 2.05) is 91.9 Å². The normalized spacial score (nSPS) is 11.0. The standard InChI is InChI=1S/C27H23BrN2O3/c1-19-9-12-23(13-10-19)32-18-27(31)30-29-16-25-24-8-3-2-6-21(24)11-14-26(25)33-17-20-5-4-7-22(28)15-20/h2-16H,17-18H2,1H3,(H,30,31)/b29-16-. The Kier molecular flexibility index (Phi) is 7.37. The Morgan fingerprint density at radius 2 is 1.79 bits per heavy atom. The van der Waals surface area contributed by atoms with Gasteiger partial charge in [0.2, 0.25) is 0 Å². The Hall–Kier alpha value is -3.64. The molecule has 0 saturated heterocycles. The van der Waals surface area contributed by atoms with Crippen LogP contribution in [0, 0.1) is 6.92 Å². The third-order valence-electron chi connectivity index (χ3n) is 4.99. The van der Waals surface area contributed by atoms with Crippen molar-refractivity contribution >= 4 is 38.8 Å². The summed E-state index contributed by atoms with van der Waals surface area (Å²) in [6.07, 6.45) is 1.61. The van der Waals surface area contributed by atoms with Crippen LogP contribution >= 0.6 is 15.9 Å². The lowest BCUT2D eigenvalue weighted by atomic mass is 10.0. The predicted octanol–water partition coefficient (Wildman–Crippen LogP) is 6.02. The minimum Gasteiger partial charge on any atom is -0.488 e. The van der Waals surface area contributed by atoms with Crippen molar-refractivity contribution in [1.82, 2.24) is 5.43 Å². The van der Waals surface area contributed by atoms with Crippen LogP contribution in [0.2, 0.25) is 0 Å². The van der Waals surface area contributed by atoms with Gasteiger partial charge in [-0.1, -0.05) is 76.1 Å². The summed E-state index contributed by atoms with van der Waals surface area (Å²) in [5.74, 6) is 0.975. The number of nitrogens with one attached hydrogen (secondary N) is 1. The Morgan fingerprint density at radius 1 is 0.970 bits per heavy atom. The number of fused-ring (bicyclic) bond motifs is 1. The van der Waals surface area contributed by atoms with Crippen LogP contribution in [0.4, 0.5) is 0 Å². The summed E-state index contributed by atoms with van der Waals surface area (Å²) in [6.45, 7) is 2.28. The van der Waals surface area contributed by atoms with Crippen molar-refractivity contribution in [3.63, 3.8) is 0 Å². The third kappa shape index (κ3) is 6.20. The number of carbonyl (C=O) groups is 1. The number of nitrogens with zero attached hydrogens (tertiary/aromatic N) is 1. The van der Waals surface area contributed by atoms with Gasteiger partial charge in [-0.25, -0.2) is 5.43 Å². The maximum absolute atomic E-state index is 12.2. The fourth-order valence-electron chi connectivity index (χ4n) is 3.31. The van der Waals surface area contributed by atoms with Crippen molar-refractivity contribution in [2.45, 2.75) is 13.5 Å². The molecule has 6 heteroatoms. The number of ether oxygens (including phenoxy) is 2. The van der Waals surface area contributed by atoms with Gasteiger partial charge in [-0.2, -0.15) is 5.10 Å². The molecule has 0 aliphatic carbocycles. The average molecular weight is 503 g/mol. The summed E-state index contributed by atoms with van der Waals surface area (Å²) in [5, 5.41) is 6.20. The first-order valence-corrected chi connectivity index (χ1v) is 11.3. The van der Waals surface area contributed by atoms with Gasteiger partial charge in [-0.15, -0.1) is 0 Å². The molecule has 0 fully saturated rings. The Morgan fingerprint density at radius 3 is 2.61 bits per heavy atom. The Balaban J connectivity index is 1.46. The molecule has 0 unspecified atom stereocenters. The van der Waals surface area contributed by atoms with E-state index in [1.165, 1.54) is 0 Å². The van der Waals surface area contributed by atoms with Gasteiger partial charge >= 0.3 is 0 Å². The molecule has 0 aliphatic rings. The molecule has 5 nitrogen and oxygen atoms in total. The summed E-state index contributed by atoms with van der Waals surface area (Å²) in [6, 6.07) is 27.4. The lowest BCUT2D eigenvalue weighted by Gasteiger charge is -2.12. The number of hydrogen-bond donors (Lipinski definition) is 1. The summed E-state index contributed by atoms with van der Waals surface area (Å²) in [5.41, 5.74) is 5.50. The first-order chi connectivity index (χ1) is 16.1. The van der Waals surface area contributed by atoms with Crippen LogP contribution in [-0.4, -0.2) is 18.7 Å². The van der Waals surface area contributed by atoms with Crippen LogP contribution in [0.15, 0.2) is 94.5 Å². The highest BCUT2D eigenvalue weighted by Gasteiger charge is 2.09. The van der Waals surface area contributed by atoms with Gasteiger partial charge in [0.15, 0.2) is 6.61 Å². The summed E-state index contributed by atoms with van der Waals surface area (Å²) >= 11 is 3.49. The Labute approximate surface area is 201 Å². The minimum absolute atomic E-state index is 0.123. The van der Waals surface area contributed by atoms with Crippen LogP contribution in [0.25, 0.3) is 10.8 Å². The van der Waals surface area contributed by atoms with Gasteiger partial charge in [0.25, 0.3) is 5.91 Å². The second-order valence-electron chi connectivity index (χ2n) is 7.51. The van der Waals surface area contributed by atoms with Gasteiger partial charge in [0, 0.05) is 10.0 Å². The quantitative estimate of drug-likeness (QED) is 0.236. The van der Waals surface area contributed by atoms with Crippen LogP contribution in [0.1, 0.15) is 16.7 Å². The van der Waals surface area contributed by atoms with E-state index >= 15 is 0 Å². The van der Waals surface area contributed by atoms with Gasteiger partial charge in [-0.3, -0.25) is 4.79 Å². The highest BCUT2D eigenvalue weighted by atomic mass is 79.9. The molecule has 0 bridgehead atoms. The topological polar surface area (TPSA) is 59.9 Å². The minimum atomic E-state index is -0.344. The van der Waals surface area contributed by atoms with Crippen LogP contribution in [0.3, 0.4) is 0 Å². The number of aryl methyl sites for hydroxylation is 1. The van der Waals surface area contributed by atoms with Gasteiger partial charge in [0.1, 0.15) is 18.1 Å². The largest absolute Gasteiger partial charge is 0.488 e. The van der Waals surface area contributed by atoms with E-state index < -0.39 is 0 Å². The van der Waals surface area contributed by atoms with E-state index in [2.05, 4.69) is 26.5 Å². The molecule has 0 heterocycles. The number of carbonyl (C=O) groups excluding carboxylic acids is 1. The lowest BCUT2D eigenvalue weighted by Crippen LogP contribution is -2.24. The van der Waals surface area contributed by atoms with Gasteiger partial charge in [-0.05, 0) is 53.6 Å². The number of amides is 1. The molecule has 0 atom stereocenters. The van der Waals surface area contributed by atoms with Crippen LogP contribution in [-0.2, 0) is 11.4 Å². The van der Waals surface area contributed by atoms with Crippen molar-refractivity contribution in [2.24, 2.45) is 5.10 Å². The first-order valence-electron chi connectivity index (χ1n) is 10.5. The van der Waals surface area contributed by atoms with E-state index in [0.29, 0.717) is 18.1 Å². The molecule has 166 valence electrons. The van der Waals surface area contributed by atoms with E-state index in [1.54, 1.807) is 6.21 Å². The number of halogens is 1. The van der Waals surface area contributed by atoms with Crippen molar-refractivity contribution in [1.29, 1.82) is 0 Å². The molecule has 33 heavy (non-hydrogen) atoms. The molecule has 4 rings (SSSR count). The van der Waals surface area contributed by atoms with Crippen molar-refractivity contribution in [3.05, 3.63) is 106 Å². The molecule has 0 radical (unpaired) electrons. The molecule has 0 saturated carbocycles. The van der Waals surface area contributed by atoms with Crippen molar-refractivity contribution < 1.29 is 14.3 Å². The monoisotopic (exact) mass is 502 g/mol. The fraction of sp³-hybridized carbons (Fsp3) is 0.111. The number of hydrogen-bond acceptors (Lipinski definition) is 4. The summed E-state index contributed by atoms with van der Waals surface area (Å²) in [4.78, 5) is 12.2. The smallest absolute Gasteiger partial charge is 0.277 e. The predicted molar refractivity (Wildman–Crippen MR) is 135 cm³/mol. The van der Waals surface area contributed by atoms with E-state index in [9.17, 15) is 4.79 Å². The summed E-state index contributed by atoms with van der Waals surface area (Å²) < 4.78 is 12.6. The first kappa shape index (κ1) is 22.6. The van der Waals surface area contributed by atoms with Crippen LogP contribution < -0.4 is 14.9 Å². The molecular formula is C27H23BrN2O3. The molecule has 0 aliphatic heterocycles. The highest BCUT2D eigenvalue weighted by Crippen LogP contribution is 2.27. The molecule has 0 spiro atoms. The zero-order valence-electron chi connectivity index (χ0n) is 18.1. The Bertz CT molecular complexity index is 1290. The fourth-order valence-corrected chi connectivity index (χ4v) is 3.75. The number of hydrazone groups is 1. The van der Waals surface area contributed by atoms with E-state index in [-0.39, 0.29) is 12.5 Å². The molecule has 4 aromatic carbocycles. The molecule has 0 aromatic heterocycles. The maximum atomic E-state index is 12.2. The van der Waals surface area contributed by atoms with Gasteiger partial charge < -0.3 is 9.47 Å². The van der Waals surface area contributed by atoms with E-state index in [4.69, 9.17) is 9.47 Å². The lowest BCUT2D eigenvalue weighted by molar-refractivity contribution is -0.123. The molecule has 1 amide bonds. The van der Waals surface area contributed by atoms with Gasteiger partial charge in [0.05, 0.1) is 6.21 Å². The van der Waals surface area contributed by atoms with Crippen LogP contribution in [0.5, 0.6) is 11.5 Å². The SMILES string of the molecule is Cc1ccc(OCC(=O)N/N=C\c2c(OCc3cccc(Br)c3)ccc3ccccc23)cc1. The van der Waals surface area contributed by atoms with E-state index in [0.717, 1.165) is 31.9 Å². The number of rotatable bonds is 8. The molecule has 1 N–H and O–H groups in total. The maximum Gasteiger partial charge on any atom is 0.277 e. The third-order valence-corrected chi connectivity index (χ3v) is 5.48. The summed E-state index contributed by atoms with van der Waals surface area (Å²) in [7, 11) is 0. The molecular weight excluding hydrogens is 480 g/mol. The zero-order chi connectivity index (χ0) is 23.0. The van der Waals surface area contributed by atoms with Crippen molar-refractivity contribution in [3.8, 4) is 11.5 Å². The highest BCUT2D eigenvalue weighted by molar-refractivity contribution is 9.10. The average Bonchev–Trinajstić information content (AvgIpc) is 2.83.